The molecule has 1 rings (SSSR count). The number of rotatable bonds is 2. The number of likely N-dealkylation sites (tertiary alicyclic amines) is 1. The predicted molar refractivity (Wildman–Crippen MR) is 59.3 cm³/mol. The van der Waals surface area contributed by atoms with Crippen LogP contribution in [0.5, 0.6) is 0 Å². The zero-order valence-corrected chi connectivity index (χ0v) is 10.1. The summed E-state index contributed by atoms with van der Waals surface area (Å²) in [6, 6.07) is 0. The van der Waals surface area contributed by atoms with E-state index in [1.54, 1.807) is 0 Å². The number of nitrogens with zero attached hydrogens (tertiary/aromatic N) is 1. The average Bonchev–Trinajstić information content (AvgIpc) is 1.78. The van der Waals surface area contributed by atoms with Gasteiger partial charge in [0.2, 0.25) is 0 Å². The van der Waals surface area contributed by atoms with E-state index in [0.717, 1.165) is 18.9 Å². The van der Waals surface area contributed by atoms with Gasteiger partial charge in [-0.05, 0) is 17.8 Å². The third kappa shape index (κ3) is 3.86. The fourth-order valence-corrected chi connectivity index (χ4v) is 2.95. The molecule has 1 unspecified atom stereocenters. The van der Waals surface area contributed by atoms with Crippen LogP contribution in [0.15, 0.2) is 0 Å². The third-order valence-corrected chi connectivity index (χ3v) is 2.80. The molecule has 1 aliphatic heterocycles. The maximum absolute atomic E-state index is 6.24. The Labute approximate surface area is 87.4 Å². The van der Waals surface area contributed by atoms with E-state index in [4.69, 9.17) is 11.6 Å². The Morgan fingerprint density at radius 2 is 2.08 bits per heavy atom. The van der Waals surface area contributed by atoms with Gasteiger partial charge < -0.3 is 4.90 Å². The smallest absolute Gasteiger partial charge is 0.0468 e. The number of halogens is 1. The lowest BCUT2D eigenvalue weighted by Crippen LogP contribution is -2.46. The second kappa shape index (κ2) is 4.18. The molecular formula is C11H22ClN. The van der Waals surface area contributed by atoms with Gasteiger partial charge in [0.05, 0.1) is 0 Å². The van der Waals surface area contributed by atoms with Crippen LogP contribution in [0, 0.1) is 11.3 Å². The zero-order chi connectivity index (χ0) is 10.1. The zero-order valence-electron chi connectivity index (χ0n) is 9.31. The van der Waals surface area contributed by atoms with Gasteiger partial charge in [0, 0.05) is 25.0 Å². The summed E-state index contributed by atoms with van der Waals surface area (Å²) in [6.45, 7) is 12.6. The molecule has 1 nitrogen and oxygen atoms in total. The molecule has 0 N–H and O–H groups in total. The maximum atomic E-state index is 6.24. The van der Waals surface area contributed by atoms with Crippen molar-refractivity contribution in [2.24, 2.45) is 11.3 Å². The molecule has 1 fully saturated rings. The lowest BCUT2D eigenvalue weighted by Gasteiger charge is -2.41. The van der Waals surface area contributed by atoms with E-state index >= 15 is 0 Å². The second-order valence-electron chi connectivity index (χ2n) is 5.55. The molecule has 1 aliphatic rings. The fourth-order valence-electron chi connectivity index (χ4n) is 2.33. The van der Waals surface area contributed by atoms with Gasteiger partial charge in [0.25, 0.3) is 0 Å². The highest BCUT2D eigenvalue weighted by molar-refractivity contribution is 6.20. The van der Waals surface area contributed by atoms with Crippen molar-refractivity contribution >= 4 is 11.6 Å². The van der Waals surface area contributed by atoms with E-state index in [9.17, 15) is 0 Å². The maximum Gasteiger partial charge on any atom is 0.0468 e. The van der Waals surface area contributed by atoms with Crippen LogP contribution in [0.25, 0.3) is 0 Å². The van der Waals surface area contributed by atoms with Gasteiger partial charge in [-0.1, -0.05) is 27.7 Å². The van der Waals surface area contributed by atoms with E-state index < -0.39 is 0 Å². The Morgan fingerprint density at radius 3 is 2.54 bits per heavy atom. The van der Waals surface area contributed by atoms with Crippen LogP contribution >= 0.6 is 11.6 Å². The quantitative estimate of drug-likeness (QED) is 0.624. The highest BCUT2D eigenvalue weighted by atomic mass is 35.5. The van der Waals surface area contributed by atoms with Crippen LogP contribution in [0.4, 0.5) is 0 Å². The first kappa shape index (κ1) is 11.3. The lowest BCUT2D eigenvalue weighted by atomic mass is 9.83. The highest BCUT2D eigenvalue weighted by Gasteiger charge is 2.31. The summed E-state index contributed by atoms with van der Waals surface area (Å²) in [4.78, 5) is 2.51. The van der Waals surface area contributed by atoms with Crippen LogP contribution in [0.1, 0.15) is 34.1 Å². The van der Waals surface area contributed by atoms with Crippen molar-refractivity contribution in [2.45, 2.75) is 39.5 Å². The standard InChI is InChI=1S/C11H22ClN/c1-9(2)6-13-7-10(12)5-11(3,4)8-13/h9-10H,5-8H2,1-4H3. The molecule has 1 atom stereocenters. The molecular weight excluding hydrogens is 182 g/mol. The highest BCUT2D eigenvalue weighted by Crippen LogP contribution is 2.31. The van der Waals surface area contributed by atoms with Crippen LogP contribution in [-0.4, -0.2) is 29.9 Å². The van der Waals surface area contributed by atoms with E-state index in [0.29, 0.717) is 10.8 Å². The molecule has 1 heterocycles. The van der Waals surface area contributed by atoms with E-state index in [-0.39, 0.29) is 0 Å². The average molecular weight is 204 g/mol. The topological polar surface area (TPSA) is 3.24 Å². The Bertz CT molecular complexity index is 163. The predicted octanol–water partition coefficient (Wildman–Crippen LogP) is 2.98. The monoisotopic (exact) mass is 203 g/mol. The van der Waals surface area contributed by atoms with Gasteiger partial charge >= 0.3 is 0 Å². The Morgan fingerprint density at radius 1 is 1.46 bits per heavy atom. The first-order chi connectivity index (χ1) is 5.89. The summed E-state index contributed by atoms with van der Waals surface area (Å²) in [5, 5.41) is 0.350. The van der Waals surface area contributed by atoms with Gasteiger partial charge in [-0.2, -0.15) is 0 Å². The van der Waals surface area contributed by atoms with Gasteiger partial charge in [0.15, 0.2) is 0 Å². The first-order valence-electron chi connectivity index (χ1n) is 5.25. The largest absolute Gasteiger partial charge is 0.301 e. The molecule has 0 amide bonds. The number of hydrogen-bond donors (Lipinski definition) is 0. The number of alkyl halides is 1. The minimum atomic E-state index is 0.350. The molecule has 0 aliphatic carbocycles. The molecule has 0 aromatic carbocycles. The van der Waals surface area contributed by atoms with E-state index in [2.05, 4.69) is 32.6 Å². The molecule has 13 heavy (non-hydrogen) atoms. The summed E-state index contributed by atoms with van der Waals surface area (Å²) in [6.07, 6.45) is 1.16. The Hall–Kier alpha value is 0.250. The van der Waals surface area contributed by atoms with Gasteiger partial charge in [0.1, 0.15) is 0 Å². The van der Waals surface area contributed by atoms with Crippen molar-refractivity contribution in [3.8, 4) is 0 Å². The number of hydrogen-bond acceptors (Lipinski definition) is 1. The Balaban J connectivity index is 2.48. The summed E-state index contributed by atoms with van der Waals surface area (Å²) >= 11 is 6.24. The summed E-state index contributed by atoms with van der Waals surface area (Å²) in [5.74, 6) is 0.748. The Kier molecular flexibility index (Phi) is 3.64. The van der Waals surface area contributed by atoms with Crippen molar-refractivity contribution in [1.29, 1.82) is 0 Å². The van der Waals surface area contributed by atoms with Crippen LogP contribution in [-0.2, 0) is 0 Å². The summed E-state index contributed by atoms with van der Waals surface area (Å²) in [7, 11) is 0. The molecule has 0 bridgehead atoms. The third-order valence-electron chi connectivity index (χ3n) is 2.51. The molecule has 0 aromatic heterocycles. The summed E-state index contributed by atoms with van der Waals surface area (Å²) < 4.78 is 0. The number of piperidine rings is 1. The van der Waals surface area contributed by atoms with E-state index in [1.807, 2.05) is 0 Å². The fraction of sp³-hybridized carbons (Fsp3) is 1.00. The molecule has 0 spiro atoms. The van der Waals surface area contributed by atoms with Crippen molar-refractivity contribution in [1.82, 2.24) is 4.90 Å². The lowest BCUT2D eigenvalue weighted by molar-refractivity contribution is 0.110. The van der Waals surface area contributed by atoms with Gasteiger partial charge in [-0.25, -0.2) is 0 Å². The minimum absolute atomic E-state index is 0.350. The van der Waals surface area contributed by atoms with Crippen LogP contribution in [0.2, 0.25) is 0 Å². The van der Waals surface area contributed by atoms with Crippen molar-refractivity contribution < 1.29 is 0 Å². The first-order valence-corrected chi connectivity index (χ1v) is 5.69. The normalized spacial score (nSPS) is 29.5. The molecule has 0 saturated carbocycles. The van der Waals surface area contributed by atoms with Crippen molar-refractivity contribution in [3.63, 3.8) is 0 Å². The molecule has 0 aromatic rings. The summed E-state index contributed by atoms with van der Waals surface area (Å²) in [5.41, 5.74) is 0.402. The van der Waals surface area contributed by atoms with Crippen molar-refractivity contribution in [2.75, 3.05) is 19.6 Å². The molecule has 0 radical (unpaired) electrons. The SMILES string of the molecule is CC(C)CN1CC(Cl)CC(C)(C)C1. The molecule has 1 saturated heterocycles. The molecule has 2 heteroatoms. The van der Waals surface area contributed by atoms with Gasteiger partial charge in [-0.15, -0.1) is 11.6 Å². The van der Waals surface area contributed by atoms with Crippen LogP contribution < -0.4 is 0 Å². The van der Waals surface area contributed by atoms with Crippen LogP contribution in [0.3, 0.4) is 0 Å². The van der Waals surface area contributed by atoms with Crippen molar-refractivity contribution in [3.05, 3.63) is 0 Å². The van der Waals surface area contributed by atoms with Gasteiger partial charge in [-0.3, -0.25) is 0 Å². The second-order valence-corrected chi connectivity index (χ2v) is 6.17. The minimum Gasteiger partial charge on any atom is -0.301 e. The van der Waals surface area contributed by atoms with E-state index in [1.165, 1.54) is 13.1 Å². The molecule has 78 valence electrons.